The SMILES string of the molecule is CC(C)C1=C[C@@]23CC[C@H]4[C@](C)(CCC[C@@]4(C)C(=O)Cl)[C@@H]2C[C@@H]1[C@@]1(Br)C(=O)OC(=O)[C@]31Br. The van der Waals surface area contributed by atoms with Crippen LogP contribution in [0.5, 0.6) is 0 Å². The molecular weight excluding hydrogens is 548 g/mol. The molecule has 1 saturated heterocycles. The fraction of sp³-hybridized carbons (Fsp3) is 0.792. The summed E-state index contributed by atoms with van der Waals surface area (Å²) in [6, 6.07) is 0. The molecule has 1 spiro atoms. The van der Waals surface area contributed by atoms with Gasteiger partial charge in [0.25, 0.3) is 0 Å². The van der Waals surface area contributed by atoms with E-state index in [0.29, 0.717) is 0 Å². The van der Waals surface area contributed by atoms with Crippen molar-refractivity contribution >= 4 is 60.6 Å². The van der Waals surface area contributed by atoms with Gasteiger partial charge in [-0.25, -0.2) is 9.59 Å². The van der Waals surface area contributed by atoms with Gasteiger partial charge >= 0.3 is 11.9 Å². The minimum absolute atomic E-state index is 0.131. The Morgan fingerprint density at radius 3 is 2.42 bits per heavy atom. The highest BCUT2D eigenvalue weighted by molar-refractivity contribution is 9.13. The first kappa shape index (κ1) is 22.6. The number of carbonyl (C=O) groups is 3. The van der Waals surface area contributed by atoms with Crippen molar-refractivity contribution in [2.45, 2.75) is 74.9 Å². The highest BCUT2D eigenvalue weighted by Crippen LogP contribution is 2.79. The lowest BCUT2D eigenvalue weighted by molar-refractivity contribution is -0.173. The van der Waals surface area contributed by atoms with Gasteiger partial charge in [-0.05, 0) is 66.9 Å². The largest absolute Gasteiger partial charge is 0.391 e. The summed E-state index contributed by atoms with van der Waals surface area (Å²) in [7, 11) is 0. The summed E-state index contributed by atoms with van der Waals surface area (Å²) in [6.07, 6.45) is 7.42. The third-order valence-electron chi connectivity index (χ3n) is 10.0. The first-order valence-corrected chi connectivity index (χ1v) is 13.3. The van der Waals surface area contributed by atoms with Gasteiger partial charge in [-0.15, -0.1) is 0 Å². The van der Waals surface area contributed by atoms with Gasteiger partial charge in [-0.1, -0.05) is 77.6 Å². The van der Waals surface area contributed by atoms with Crippen LogP contribution in [0.2, 0.25) is 0 Å². The van der Waals surface area contributed by atoms with Gasteiger partial charge in [0.15, 0.2) is 8.65 Å². The molecule has 31 heavy (non-hydrogen) atoms. The van der Waals surface area contributed by atoms with E-state index < -0.39 is 31.4 Å². The van der Waals surface area contributed by atoms with Crippen molar-refractivity contribution < 1.29 is 19.1 Å². The van der Waals surface area contributed by atoms with Gasteiger partial charge in [-0.3, -0.25) is 4.79 Å². The van der Waals surface area contributed by atoms with E-state index in [1.807, 2.05) is 6.92 Å². The summed E-state index contributed by atoms with van der Waals surface area (Å²) in [5.41, 5.74) is -0.000907. The first-order valence-electron chi connectivity index (χ1n) is 11.4. The molecule has 8 atom stereocenters. The molecule has 3 saturated carbocycles. The standard InChI is InChI=1S/C24H29Br2ClO4/c1-12(2)13-11-22-9-6-15-20(3,7-5-8-21(15,4)17(27)28)16(22)10-14(13)23(25)18(29)31-19(30)24(22,23)26/h11-12,14-16H,5-10H2,1-4H3/t14-,15-,16-,20-,21+,22-,23+,24-/m0/s1. The average molecular weight is 577 g/mol. The molecule has 0 unspecified atom stereocenters. The highest BCUT2D eigenvalue weighted by Gasteiger charge is 2.84. The van der Waals surface area contributed by atoms with Crippen LogP contribution in [-0.4, -0.2) is 25.8 Å². The molecule has 0 aromatic carbocycles. The summed E-state index contributed by atoms with van der Waals surface area (Å²) in [5.74, 6) is -0.487. The molecular formula is C24H29Br2ClO4. The van der Waals surface area contributed by atoms with Crippen molar-refractivity contribution in [3.05, 3.63) is 11.6 Å². The number of esters is 2. The number of halogens is 3. The molecule has 170 valence electrons. The van der Waals surface area contributed by atoms with E-state index >= 15 is 0 Å². The topological polar surface area (TPSA) is 60.4 Å². The summed E-state index contributed by atoms with van der Waals surface area (Å²) in [5, 5.41) is -0.238. The van der Waals surface area contributed by atoms with Gasteiger partial charge in [0, 0.05) is 16.7 Å². The maximum Gasteiger partial charge on any atom is 0.333 e. The number of fused-ring (bicyclic) bond motifs is 1. The van der Waals surface area contributed by atoms with Crippen LogP contribution in [0.25, 0.3) is 0 Å². The fourth-order valence-corrected chi connectivity index (χ4v) is 11.1. The molecule has 2 bridgehead atoms. The molecule has 0 N–H and O–H groups in total. The van der Waals surface area contributed by atoms with E-state index in [2.05, 4.69) is 58.7 Å². The maximum atomic E-state index is 13.3. The fourth-order valence-electron chi connectivity index (χ4n) is 8.68. The smallest absolute Gasteiger partial charge is 0.333 e. The number of alkyl halides is 2. The van der Waals surface area contributed by atoms with E-state index in [-0.39, 0.29) is 34.3 Å². The van der Waals surface area contributed by atoms with Gasteiger partial charge in [0.2, 0.25) is 5.24 Å². The van der Waals surface area contributed by atoms with Gasteiger partial charge in [-0.2, -0.15) is 0 Å². The molecule has 1 heterocycles. The van der Waals surface area contributed by atoms with Gasteiger partial charge in [0.1, 0.15) is 0 Å². The summed E-state index contributed by atoms with van der Waals surface area (Å²) < 4.78 is 3.11. The van der Waals surface area contributed by atoms with Crippen molar-refractivity contribution in [2.75, 3.05) is 0 Å². The Labute approximate surface area is 205 Å². The number of allylic oxidation sites excluding steroid dienone is 2. The average Bonchev–Trinajstić information content (AvgIpc) is 2.88. The van der Waals surface area contributed by atoms with Crippen LogP contribution in [0.4, 0.5) is 0 Å². The van der Waals surface area contributed by atoms with E-state index in [4.69, 9.17) is 16.3 Å². The molecule has 4 fully saturated rings. The lowest BCUT2D eigenvalue weighted by Gasteiger charge is -2.71. The normalized spacial score (nSPS) is 52.9. The van der Waals surface area contributed by atoms with E-state index in [0.717, 1.165) is 38.5 Å². The molecule has 7 heteroatoms. The second kappa shape index (κ2) is 6.47. The zero-order valence-corrected chi connectivity index (χ0v) is 22.3. The minimum Gasteiger partial charge on any atom is -0.391 e. The molecule has 0 amide bonds. The Bertz CT molecular complexity index is 948. The van der Waals surface area contributed by atoms with Crippen LogP contribution in [0.1, 0.15) is 66.2 Å². The minimum atomic E-state index is -1.14. The highest BCUT2D eigenvalue weighted by atomic mass is 79.9. The quantitative estimate of drug-likeness (QED) is 0.135. The van der Waals surface area contributed by atoms with E-state index in [1.165, 1.54) is 5.57 Å². The Balaban J connectivity index is 1.74. The summed E-state index contributed by atoms with van der Waals surface area (Å²) in [4.78, 5) is 39.0. The summed E-state index contributed by atoms with van der Waals surface area (Å²) in [6.45, 7) is 8.65. The second-order valence-corrected chi connectivity index (χ2v) is 14.2. The van der Waals surface area contributed by atoms with Gasteiger partial charge in [0.05, 0.1) is 0 Å². The van der Waals surface area contributed by atoms with Crippen molar-refractivity contribution in [3.63, 3.8) is 0 Å². The number of carbonyl (C=O) groups excluding carboxylic acids is 3. The Kier molecular flexibility index (Phi) is 4.72. The van der Waals surface area contributed by atoms with Crippen LogP contribution >= 0.6 is 43.5 Å². The second-order valence-electron chi connectivity index (χ2n) is 11.4. The molecule has 1 aliphatic heterocycles. The molecule has 0 aromatic rings. The number of rotatable bonds is 2. The Hall–Kier alpha value is -0.200. The zero-order valence-electron chi connectivity index (χ0n) is 18.4. The third-order valence-corrected chi connectivity index (χ3v) is 14.2. The van der Waals surface area contributed by atoms with Crippen LogP contribution in [0, 0.1) is 39.9 Å². The maximum absolute atomic E-state index is 13.3. The van der Waals surface area contributed by atoms with Crippen LogP contribution < -0.4 is 0 Å². The van der Waals surface area contributed by atoms with Crippen molar-refractivity contribution in [3.8, 4) is 0 Å². The molecule has 6 aliphatic rings. The molecule has 0 radical (unpaired) electrons. The van der Waals surface area contributed by atoms with Gasteiger partial charge < -0.3 is 4.74 Å². The number of hydrogen-bond donors (Lipinski definition) is 0. The summed E-state index contributed by atoms with van der Waals surface area (Å²) >= 11 is 13.9. The van der Waals surface area contributed by atoms with Crippen molar-refractivity contribution in [2.24, 2.45) is 39.9 Å². The number of hydrogen-bond acceptors (Lipinski definition) is 4. The predicted molar refractivity (Wildman–Crippen MR) is 125 cm³/mol. The predicted octanol–water partition coefficient (Wildman–Crippen LogP) is 5.93. The molecule has 0 aromatic heterocycles. The van der Waals surface area contributed by atoms with E-state index in [1.54, 1.807) is 0 Å². The third kappa shape index (κ3) is 2.27. The first-order chi connectivity index (χ1) is 14.3. The van der Waals surface area contributed by atoms with Crippen LogP contribution in [-0.2, 0) is 19.1 Å². The van der Waals surface area contributed by atoms with Crippen LogP contribution in [0.15, 0.2) is 11.6 Å². The number of cyclic esters (lactones) is 2. The Morgan fingerprint density at radius 2 is 1.81 bits per heavy atom. The molecule has 6 rings (SSSR count). The zero-order chi connectivity index (χ0) is 22.8. The van der Waals surface area contributed by atoms with Crippen molar-refractivity contribution in [1.29, 1.82) is 0 Å². The molecule has 4 nitrogen and oxygen atoms in total. The number of ether oxygens (including phenoxy) is 1. The lowest BCUT2D eigenvalue weighted by Crippen LogP contribution is -2.75. The van der Waals surface area contributed by atoms with Crippen LogP contribution in [0.3, 0.4) is 0 Å². The molecule has 5 aliphatic carbocycles. The van der Waals surface area contributed by atoms with E-state index in [9.17, 15) is 14.4 Å². The Morgan fingerprint density at radius 1 is 1.13 bits per heavy atom. The lowest BCUT2D eigenvalue weighted by atomic mass is 9.34. The monoisotopic (exact) mass is 574 g/mol. The van der Waals surface area contributed by atoms with Crippen molar-refractivity contribution in [1.82, 2.24) is 0 Å².